The molecule has 0 amide bonds. The third-order valence-corrected chi connectivity index (χ3v) is 6.90. The summed E-state index contributed by atoms with van der Waals surface area (Å²) < 4.78 is 0. The van der Waals surface area contributed by atoms with Crippen LogP contribution in [0.1, 0.15) is 47.8 Å². The first kappa shape index (κ1) is 25.9. The van der Waals surface area contributed by atoms with Gasteiger partial charge in [0, 0.05) is 55.2 Å². The Hall–Kier alpha value is -3.22. The molecule has 1 aliphatic heterocycles. The number of benzene rings is 3. The van der Waals surface area contributed by atoms with E-state index in [1.807, 2.05) is 48.5 Å². The van der Waals surface area contributed by atoms with Crippen LogP contribution in [0.4, 0.5) is 11.4 Å². The van der Waals surface area contributed by atoms with Crippen LogP contribution in [0.25, 0.3) is 0 Å². The topological polar surface area (TPSA) is 47.6 Å². The van der Waals surface area contributed by atoms with Crippen molar-refractivity contribution in [1.82, 2.24) is 10.2 Å². The molecule has 1 aliphatic rings. The highest BCUT2D eigenvalue weighted by atomic mass is 32.1. The van der Waals surface area contributed by atoms with E-state index in [0.717, 1.165) is 31.9 Å². The van der Waals surface area contributed by atoms with Gasteiger partial charge in [0.05, 0.1) is 0 Å². The number of likely N-dealkylation sites (N-methyl/N-ethyl adjacent to an activating group) is 1. The fourth-order valence-electron chi connectivity index (χ4n) is 4.27. The number of carbonyl (C=O) groups is 1. The Balaban J connectivity index is 1.31. The molecule has 6 heteroatoms. The summed E-state index contributed by atoms with van der Waals surface area (Å²) in [6, 6.07) is 24.0. The lowest BCUT2D eigenvalue weighted by molar-refractivity contribution is 0.103. The Labute approximate surface area is 220 Å². The molecule has 0 spiro atoms. The van der Waals surface area contributed by atoms with Crippen molar-refractivity contribution in [3.05, 3.63) is 95.1 Å². The maximum absolute atomic E-state index is 13.0. The maximum Gasteiger partial charge on any atom is 0.193 e. The van der Waals surface area contributed by atoms with Gasteiger partial charge in [-0.1, -0.05) is 69.3 Å². The van der Waals surface area contributed by atoms with E-state index < -0.39 is 0 Å². The van der Waals surface area contributed by atoms with Gasteiger partial charge in [-0.25, -0.2) is 0 Å². The number of hydrogen-bond donors (Lipinski definition) is 2. The zero-order valence-electron chi connectivity index (χ0n) is 21.7. The first-order valence-corrected chi connectivity index (χ1v) is 12.9. The Morgan fingerprint density at radius 3 is 2.19 bits per heavy atom. The van der Waals surface area contributed by atoms with Crippen molar-refractivity contribution in [2.75, 3.05) is 43.4 Å². The van der Waals surface area contributed by atoms with Gasteiger partial charge in [-0.15, -0.1) is 0 Å². The average molecular weight is 501 g/mol. The predicted molar refractivity (Wildman–Crippen MR) is 154 cm³/mol. The summed E-state index contributed by atoms with van der Waals surface area (Å²) in [4.78, 5) is 17.8. The SMILES string of the molecule is CN1CCN(c2ccc(CNC(=S)Nc3cccc(C(=O)c4ccc(C(C)(C)C)cc4)c3)cc2)CC1. The highest BCUT2D eigenvalue weighted by molar-refractivity contribution is 7.80. The molecule has 0 aromatic heterocycles. The van der Waals surface area contributed by atoms with Crippen LogP contribution in [0, 0.1) is 0 Å². The lowest BCUT2D eigenvalue weighted by Crippen LogP contribution is -2.44. The van der Waals surface area contributed by atoms with E-state index in [0.29, 0.717) is 22.8 Å². The highest BCUT2D eigenvalue weighted by Gasteiger charge is 2.16. The van der Waals surface area contributed by atoms with Gasteiger partial charge < -0.3 is 20.4 Å². The molecule has 0 bridgehead atoms. The van der Waals surface area contributed by atoms with Crippen LogP contribution in [-0.4, -0.2) is 49.0 Å². The molecule has 5 nitrogen and oxygen atoms in total. The molecule has 0 radical (unpaired) electrons. The second-order valence-electron chi connectivity index (χ2n) is 10.5. The maximum atomic E-state index is 13.0. The highest BCUT2D eigenvalue weighted by Crippen LogP contribution is 2.23. The van der Waals surface area contributed by atoms with Crippen molar-refractivity contribution in [3.63, 3.8) is 0 Å². The van der Waals surface area contributed by atoms with Gasteiger partial charge in [-0.2, -0.15) is 0 Å². The average Bonchev–Trinajstić information content (AvgIpc) is 2.87. The normalized spacial score (nSPS) is 14.4. The molecule has 1 heterocycles. The molecular weight excluding hydrogens is 464 g/mol. The minimum absolute atomic E-state index is 0.00146. The second kappa shape index (κ2) is 11.2. The Morgan fingerprint density at radius 2 is 1.56 bits per heavy atom. The van der Waals surface area contributed by atoms with Crippen molar-refractivity contribution < 1.29 is 4.79 Å². The molecule has 0 saturated carbocycles. The summed E-state index contributed by atoms with van der Waals surface area (Å²) >= 11 is 5.51. The van der Waals surface area contributed by atoms with Crippen LogP contribution in [0.3, 0.4) is 0 Å². The zero-order chi connectivity index (χ0) is 25.7. The Morgan fingerprint density at radius 1 is 0.889 bits per heavy atom. The molecule has 4 rings (SSSR count). The van der Waals surface area contributed by atoms with E-state index >= 15 is 0 Å². The van der Waals surface area contributed by atoms with Crippen LogP contribution in [0.15, 0.2) is 72.8 Å². The van der Waals surface area contributed by atoms with E-state index in [2.05, 4.69) is 72.5 Å². The van der Waals surface area contributed by atoms with E-state index in [9.17, 15) is 4.79 Å². The van der Waals surface area contributed by atoms with Crippen molar-refractivity contribution >= 4 is 34.5 Å². The number of piperazine rings is 1. The van der Waals surface area contributed by atoms with Crippen LogP contribution < -0.4 is 15.5 Å². The molecular formula is C30H36N4OS. The number of ketones is 1. The molecule has 2 N–H and O–H groups in total. The van der Waals surface area contributed by atoms with Crippen molar-refractivity contribution in [1.29, 1.82) is 0 Å². The molecule has 1 fully saturated rings. The summed E-state index contributed by atoms with van der Waals surface area (Å²) in [7, 11) is 2.17. The number of nitrogens with zero attached hydrogens (tertiary/aromatic N) is 2. The molecule has 0 unspecified atom stereocenters. The van der Waals surface area contributed by atoms with Crippen LogP contribution in [0.2, 0.25) is 0 Å². The number of nitrogens with one attached hydrogen (secondary N) is 2. The first-order valence-electron chi connectivity index (χ1n) is 12.5. The van der Waals surface area contributed by atoms with E-state index in [1.54, 1.807) is 0 Å². The molecule has 0 aliphatic carbocycles. The zero-order valence-corrected chi connectivity index (χ0v) is 22.5. The summed E-state index contributed by atoms with van der Waals surface area (Å²) in [6.45, 7) is 11.4. The minimum Gasteiger partial charge on any atom is -0.369 e. The molecule has 0 atom stereocenters. The van der Waals surface area contributed by atoms with E-state index in [1.165, 1.54) is 16.8 Å². The summed E-state index contributed by atoms with van der Waals surface area (Å²) in [6.07, 6.45) is 0. The summed E-state index contributed by atoms with van der Waals surface area (Å²) in [5.41, 5.74) is 5.80. The Bertz CT molecular complexity index is 1190. The van der Waals surface area contributed by atoms with Crippen molar-refractivity contribution in [3.8, 4) is 0 Å². The molecule has 1 saturated heterocycles. The predicted octanol–water partition coefficient (Wildman–Crippen LogP) is 5.45. The van der Waals surface area contributed by atoms with Gasteiger partial charge in [-0.05, 0) is 60.1 Å². The number of rotatable bonds is 6. The van der Waals surface area contributed by atoms with Gasteiger partial charge in [0.25, 0.3) is 0 Å². The summed E-state index contributed by atoms with van der Waals surface area (Å²) in [5, 5.41) is 7.00. The van der Waals surface area contributed by atoms with Gasteiger partial charge in [0.1, 0.15) is 0 Å². The molecule has 3 aromatic rings. The Kier molecular flexibility index (Phi) is 8.07. The largest absolute Gasteiger partial charge is 0.369 e. The standard InChI is InChI=1S/C30H36N4OS/c1-30(2,3)25-12-10-23(11-13-25)28(35)24-6-5-7-26(20-24)32-29(36)31-21-22-8-14-27(15-9-22)34-18-16-33(4)17-19-34/h5-15,20H,16-19,21H2,1-4H3,(H2,31,32,36). The van der Waals surface area contributed by atoms with Crippen molar-refractivity contribution in [2.24, 2.45) is 0 Å². The van der Waals surface area contributed by atoms with Gasteiger partial charge >= 0.3 is 0 Å². The fraction of sp³-hybridized carbons (Fsp3) is 0.333. The monoisotopic (exact) mass is 500 g/mol. The number of hydrogen-bond acceptors (Lipinski definition) is 4. The smallest absolute Gasteiger partial charge is 0.193 e. The fourth-order valence-corrected chi connectivity index (χ4v) is 4.46. The lowest BCUT2D eigenvalue weighted by Gasteiger charge is -2.34. The molecule has 3 aromatic carbocycles. The third kappa shape index (κ3) is 6.71. The van der Waals surface area contributed by atoms with E-state index in [-0.39, 0.29) is 11.2 Å². The third-order valence-electron chi connectivity index (χ3n) is 6.65. The lowest BCUT2D eigenvalue weighted by atomic mass is 9.86. The summed E-state index contributed by atoms with van der Waals surface area (Å²) in [5.74, 6) is -0.00146. The van der Waals surface area contributed by atoms with Crippen molar-refractivity contribution in [2.45, 2.75) is 32.7 Å². The van der Waals surface area contributed by atoms with Gasteiger partial charge in [0.2, 0.25) is 0 Å². The molecule has 36 heavy (non-hydrogen) atoms. The number of anilines is 2. The number of thiocarbonyl (C=S) groups is 1. The minimum atomic E-state index is -0.00146. The second-order valence-corrected chi connectivity index (χ2v) is 10.9. The van der Waals surface area contributed by atoms with Crippen LogP contribution in [0.5, 0.6) is 0 Å². The number of carbonyl (C=O) groups excluding carboxylic acids is 1. The van der Waals surface area contributed by atoms with Gasteiger partial charge in [0.15, 0.2) is 10.9 Å². The van der Waals surface area contributed by atoms with Gasteiger partial charge in [-0.3, -0.25) is 4.79 Å². The van der Waals surface area contributed by atoms with E-state index in [4.69, 9.17) is 12.2 Å². The molecule has 188 valence electrons. The van der Waals surface area contributed by atoms with Crippen LogP contribution in [-0.2, 0) is 12.0 Å². The van der Waals surface area contributed by atoms with Crippen LogP contribution >= 0.6 is 12.2 Å². The quantitative estimate of drug-likeness (QED) is 0.347. The first-order chi connectivity index (χ1) is 17.2.